The van der Waals surface area contributed by atoms with E-state index in [0.717, 1.165) is 18.7 Å². The van der Waals surface area contributed by atoms with Crippen LogP contribution in [0, 0.1) is 6.92 Å². The summed E-state index contributed by atoms with van der Waals surface area (Å²) in [4.78, 5) is 0. The minimum absolute atomic E-state index is 0.437. The highest BCUT2D eigenvalue weighted by Gasteiger charge is 2.13. The van der Waals surface area contributed by atoms with E-state index >= 15 is 0 Å². The Morgan fingerprint density at radius 1 is 1.39 bits per heavy atom. The number of aryl methyl sites for hydroxylation is 2. The van der Waals surface area contributed by atoms with Gasteiger partial charge in [-0.15, -0.1) is 5.10 Å². The summed E-state index contributed by atoms with van der Waals surface area (Å²) in [6, 6.07) is 8.68. The van der Waals surface area contributed by atoms with E-state index in [1.165, 1.54) is 11.1 Å². The highest BCUT2D eigenvalue weighted by atomic mass is 15.4. The van der Waals surface area contributed by atoms with Crippen molar-refractivity contribution in [1.29, 1.82) is 0 Å². The lowest BCUT2D eigenvalue weighted by Gasteiger charge is -2.16. The third-order valence-electron chi connectivity index (χ3n) is 3.07. The average molecular weight is 244 g/mol. The zero-order chi connectivity index (χ0) is 13.0. The molecule has 18 heavy (non-hydrogen) atoms. The van der Waals surface area contributed by atoms with Crippen LogP contribution in [0.5, 0.6) is 0 Å². The SMILES string of the molecule is CNCC(Cc1cn(C)nn1)c1cccc(C)c1. The number of likely N-dealkylation sites (N-methyl/N-ethyl adjacent to an activating group) is 1. The molecule has 0 radical (unpaired) electrons. The maximum absolute atomic E-state index is 4.17. The molecule has 2 aromatic rings. The minimum atomic E-state index is 0.437. The second-order valence-corrected chi connectivity index (χ2v) is 4.76. The van der Waals surface area contributed by atoms with Crippen molar-refractivity contribution in [3.05, 3.63) is 47.3 Å². The van der Waals surface area contributed by atoms with Crippen molar-refractivity contribution >= 4 is 0 Å². The Morgan fingerprint density at radius 3 is 2.83 bits per heavy atom. The zero-order valence-corrected chi connectivity index (χ0v) is 11.2. The number of hydrogen-bond donors (Lipinski definition) is 1. The lowest BCUT2D eigenvalue weighted by atomic mass is 9.93. The molecule has 4 nitrogen and oxygen atoms in total. The number of hydrogen-bond acceptors (Lipinski definition) is 3. The van der Waals surface area contributed by atoms with E-state index in [2.05, 4.69) is 46.8 Å². The second-order valence-electron chi connectivity index (χ2n) is 4.76. The first-order valence-corrected chi connectivity index (χ1v) is 6.25. The quantitative estimate of drug-likeness (QED) is 0.870. The smallest absolute Gasteiger partial charge is 0.0833 e. The van der Waals surface area contributed by atoms with Crippen molar-refractivity contribution in [3.8, 4) is 0 Å². The van der Waals surface area contributed by atoms with Gasteiger partial charge in [-0.05, 0) is 19.5 Å². The van der Waals surface area contributed by atoms with Crippen LogP contribution in [-0.4, -0.2) is 28.6 Å². The molecule has 1 unspecified atom stereocenters. The summed E-state index contributed by atoms with van der Waals surface area (Å²) >= 11 is 0. The molecule has 0 saturated heterocycles. The Bertz CT molecular complexity index is 504. The van der Waals surface area contributed by atoms with Gasteiger partial charge in [-0.3, -0.25) is 4.68 Å². The van der Waals surface area contributed by atoms with Crippen LogP contribution in [0.25, 0.3) is 0 Å². The number of benzene rings is 1. The van der Waals surface area contributed by atoms with Crippen molar-refractivity contribution in [2.75, 3.05) is 13.6 Å². The van der Waals surface area contributed by atoms with E-state index in [1.54, 1.807) is 4.68 Å². The molecular formula is C14H20N4. The molecule has 0 bridgehead atoms. The Hall–Kier alpha value is -1.68. The third-order valence-corrected chi connectivity index (χ3v) is 3.07. The van der Waals surface area contributed by atoms with E-state index in [-0.39, 0.29) is 0 Å². The number of nitrogens with one attached hydrogen (secondary N) is 1. The van der Waals surface area contributed by atoms with Crippen molar-refractivity contribution in [2.45, 2.75) is 19.3 Å². The summed E-state index contributed by atoms with van der Waals surface area (Å²) < 4.78 is 1.75. The standard InChI is InChI=1S/C14H20N4/c1-11-5-4-6-12(7-11)13(9-15-2)8-14-10-18(3)17-16-14/h4-7,10,13,15H,8-9H2,1-3H3. The zero-order valence-electron chi connectivity index (χ0n) is 11.2. The topological polar surface area (TPSA) is 42.7 Å². The summed E-state index contributed by atoms with van der Waals surface area (Å²) in [5, 5.41) is 11.4. The van der Waals surface area contributed by atoms with E-state index < -0.39 is 0 Å². The first-order chi connectivity index (χ1) is 8.69. The molecular weight excluding hydrogens is 224 g/mol. The van der Waals surface area contributed by atoms with Crippen LogP contribution < -0.4 is 5.32 Å². The lowest BCUT2D eigenvalue weighted by molar-refractivity contribution is 0.616. The molecule has 4 heteroatoms. The molecule has 0 fully saturated rings. The molecule has 0 aliphatic rings. The summed E-state index contributed by atoms with van der Waals surface area (Å²) in [6.45, 7) is 3.07. The minimum Gasteiger partial charge on any atom is -0.319 e. The van der Waals surface area contributed by atoms with Crippen LogP contribution >= 0.6 is 0 Å². The Kier molecular flexibility index (Phi) is 4.10. The highest BCUT2D eigenvalue weighted by molar-refractivity contribution is 5.26. The second kappa shape index (κ2) is 5.78. The van der Waals surface area contributed by atoms with Gasteiger partial charge in [-0.2, -0.15) is 0 Å². The molecule has 1 N–H and O–H groups in total. The molecule has 1 aromatic heterocycles. The molecule has 1 heterocycles. The molecule has 2 rings (SSSR count). The molecule has 0 amide bonds. The summed E-state index contributed by atoms with van der Waals surface area (Å²) in [7, 11) is 3.88. The van der Waals surface area contributed by atoms with Gasteiger partial charge in [0.1, 0.15) is 0 Å². The van der Waals surface area contributed by atoms with Crippen molar-refractivity contribution in [3.63, 3.8) is 0 Å². The van der Waals surface area contributed by atoms with Crippen LogP contribution in [0.4, 0.5) is 0 Å². The van der Waals surface area contributed by atoms with Crippen LogP contribution in [0.15, 0.2) is 30.5 Å². The van der Waals surface area contributed by atoms with E-state index in [4.69, 9.17) is 0 Å². The van der Waals surface area contributed by atoms with Gasteiger partial charge in [0.25, 0.3) is 0 Å². The summed E-state index contributed by atoms with van der Waals surface area (Å²) in [5.41, 5.74) is 3.70. The maximum atomic E-state index is 4.17. The van der Waals surface area contributed by atoms with Crippen molar-refractivity contribution < 1.29 is 0 Å². The van der Waals surface area contributed by atoms with E-state index in [1.807, 2.05) is 20.3 Å². The summed E-state index contributed by atoms with van der Waals surface area (Å²) in [6.07, 6.45) is 2.90. The first-order valence-electron chi connectivity index (χ1n) is 6.25. The number of nitrogens with zero attached hydrogens (tertiary/aromatic N) is 3. The monoisotopic (exact) mass is 244 g/mol. The maximum Gasteiger partial charge on any atom is 0.0833 e. The van der Waals surface area contributed by atoms with Crippen molar-refractivity contribution in [1.82, 2.24) is 20.3 Å². The molecule has 1 aromatic carbocycles. The van der Waals surface area contributed by atoms with E-state index in [9.17, 15) is 0 Å². The van der Waals surface area contributed by atoms with Crippen LogP contribution in [0.2, 0.25) is 0 Å². The van der Waals surface area contributed by atoms with Gasteiger partial charge in [0, 0.05) is 32.1 Å². The molecule has 0 saturated carbocycles. The fourth-order valence-corrected chi connectivity index (χ4v) is 2.22. The molecule has 0 aliphatic carbocycles. The van der Waals surface area contributed by atoms with Crippen LogP contribution in [-0.2, 0) is 13.5 Å². The van der Waals surface area contributed by atoms with Crippen LogP contribution in [0.3, 0.4) is 0 Å². The lowest BCUT2D eigenvalue weighted by Crippen LogP contribution is -2.19. The number of rotatable bonds is 5. The van der Waals surface area contributed by atoms with Gasteiger partial charge in [-0.1, -0.05) is 35.0 Å². The third kappa shape index (κ3) is 3.17. The predicted molar refractivity (Wildman–Crippen MR) is 72.6 cm³/mol. The fraction of sp³-hybridized carbons (Fsp3) is 0.429. The largest absolute Gasteiger partial charge is 0.319 e. The Balaban J connectivity index is 2.17. The number of aromatic nitrogens is 3. The van der Waals surface area contributed by atoms with Crippen molar-refractivity contribution in [2.24, 2.45) is 7.05 Å². The van der Waals surface area contributed by atoms with Gasteiger partial charge < -0.3 is 5.32 Å². The van der Waals surface area contributed by atoms with Gasteiger partial charge in [-0.25, -0.2) is 0 Å². The van der Waals surface area contributed by atoms with Gasteiger partial charge in [0.2, 0.25) is 0 Å². The van der Waals surface area contributed by atoms with E-state index in [0.29, 0.717) is 5.92 Å². The predicted octanol–water partition coefficient (Wildman–Crippen LogP) is 1.67. The highest BCUT2D eigenvalue weighted by Crippen LogP contribution is 2.20. The molecule has 0 spiro atoms. The van der Waals surface area contributed by atoms with Crippen LogP contribution in [0.1, 0.15) is 22.7 Å². The normalized spacial score (nSPS) is 12.6. The molecule has 1 atom stereocenters. The van der Waals surface area contributed by atoms with Gasteiger partial charge in [0.15, 0.2) is 0 Å². The molecule has 96 valence electrons. The Labute approximate surface area is 108 Å². The van der Waals surface area contributed by atoms with Gasteiger partial charge in [0.05, 0.1) is 5.69 Å². The summed E-state index contributed by atoms with van der Waals surface area (Å²) in [5.74, 6) is 0.437. The van der Waals surface area contributed by atoms with Gasteiger partial charge >= 0.3 is 0 Å². The average Bonchev–Trinajstić information content (AvgIpc) is 2.74. The Morgan fingerprint density at radius 2 is 2.22 bits per heavy atom. The fourth-order valence-electron chi connectivity index (χ4n) is 2.22. The first kappa shape index (κ1) is 12.8. The molecule has 0 aliphatic heterocycles.